The van der Waals surface area contributed by atoms with Crippen molar-refractivity contribution in [3.8, 4) is 22.8 Å². The first-order valence-electron chi connectivity index (χ1n) is 8.04. The van der Waals surface area contributed by atoms with Crippen molar-refractivity contribution in [2.24, 2.45) is 4.99 Å². The minimum Gasteiger partial charge on any atom is -0.493 e. The molecule has 27 heavy (non-hydrogen) atoms. The van der Waals surface area contributed by atoms with E-state index in [1.54, 1.807) is 32.4 Å². The number of hydrogen-bond acceptors (Lipinski definition) is 6. The Labute approximate surface area is 159 Å². The van der Waals surface area contributed by atoms with Crippen LogP contribution in [-0.4, -0.2) is 29.4 Å². The van der Waals surface area contributed by atoms with Crippen molar-refractivity contribution in [1.29, 1.82) is 0 Å². The molecule has 0 saturated heterocycles. The molecular formula is C19H15ClN4O3. The monoisotopic (exact) mass is 382 g/mol. The number of methoxy groups -OCH3 is 2. The Bertz CT molecular complexity index is 1170. The molecule has 7 nitrogen and oxygen atoms in total. The third kappa shape index (κ3) is 3.37. The van der Waals surface area contributed by atoms with Crippen LogP contribution in [0.15, 0.2) is 58.2 Å². The van der Waals surface area contributed by atoms with Gasteiger partial charge in [-0.05, 0) is 36.4 Å². The first-order valence-corrected chi connectivity index (χ1v) is 8.41. The maximum atomic E-state index is 6.15. The van der Waals surface area contributed by atoms with Gasteiger partial charge < -0.3 is 13.9 Å². The van der Waals surface area contributed by atoms with Gasteiger partial charge in [0.05, 0.1) is 19.6 Å². The Balaban J connectivity index is 1.96. The summed E-state index contributed by atoms with van der Waals surface area (Å²) in [6.45, 7) is 0. The highest BCUT2D eigenvalue weighted by molar-refractivity contribution is 6.31. The van der Waals surface area contributed by atoms with Crippen LogP contribution in [-0.2, 0) is 0 Å². The van der Waals surface area contributed by atoms with Crippen molar-refractivity contribution in [2.75, 3.05) is 14.2 Å². The average molecular weight is 383 g/mol. The zero-order valence-electron chi connectivity index (χ0n) is 14.6. The van der Waals surface area contributed by atoms with Gasteiger partial charge in [0.2, 0.25) is 5.95 Å². The molecule has 2 heterocycles. The summed E-state index contributed by atoms with van der Waals surface area (Å²) >= 11 is 6.15. The Morgan fingerprint density at radius 3 is 2.63 bits per heavy atom. The number of aromatic nitrogens is 3. The summed E-state index contributed by atoms with van der Waals surface area (Å²) in [5.74, 6) is 2.25. The van der Waals surface area contributed by atoms with Crippen LogP contribution in [0.25, 0.3) is 22.3 Å². The summed E-state index contributed by atoms with van der Waals surface area (Å²) in [4.78, 5) is 8.59. The van der Waals surface area contributed by atoms with E-state index >= 15 is 0 Å². The van der Waals surface area contributed by atoms with Crippen molar-refractivity contribution >= 4 is 28.5 Å². The van der Waals surface area contributed by atoms with Gasteiger partial charge in [-0.3, -0.25) is 0 Å². The number of nitrogens with one attached hydrogen (secondary N) is 1. The molecule has 0 unspecified atom stereocenters. The molecule has 8 heteroatoms. The number of benzene rings is 2. The first-order chi connectivity index (χ1) is 13.2. The highest BCUT2D eigenvalue weighted by Gasteiger charge is 2.11. The van der Waals surface area contributed by atoms with Gasteiger partial charge in [0, 0.05) is 22.0 Å². The normalized spacial score (nSPS) is 11.7. The number of hydrogen-bond donors (Lipinski definition) is 1. The smallest absolute Gasteiger partial charge is 0.245 e. The molecule has 0 aliphatic rings. The van der Waals surface area contributed by atoms with E-state index in [0.29, 0.717) is 39.2 Å². The van der Waals surface area contributed by atoms with Crippen LogP contribution in [0.4, 0.5) is 5.95 Å². The van der Waals surface area contributed by atoms with E-state index in [4.69, 9.17) is 25.5 Å². The maximum Gasteiger partial charge on any atom is 0.245 e. The predicted octanol–water partition coefficient (Wildman–Crippen LogP) is 4.12. The number of H-pyrrole nitrogens is 1. The topological polar surface area (TPSA) is 85.5 Å². The minimum atomic E-state index is 0.390. The molecule has 4 aromatic rings. The van der Waals surface area contributed by atoms with Gasteiger partial charge >= 0.3 is 0 Å². The Kier molecular flexibility index (Phi) is 4.52. The summed E-state index contributed by atoms with van der Waals surface area (Å²) in [5.41, 5.74) is 1.46. The van der Waals surface area contributed by atoms with E-state index in [-0.39, 0.29) is 0 Å². The fraction of sp³-hybridized carbons (Fsp3) is 0.105. The quantitative estimate of drug-likeness (QED) is 0.573. The largest absolute Gasteiger partial charge is 0.493 e. The lowest BCUT2D eigenvalue weighted by molar-refractivity contribution is 0.355. The third-order valence-electron chi connectivity index (χ3n) is 4.00. The molecule has 2 aromatic carbocycles. The highest BCUT2D eigenvalue weighted by atomic mass is 35.5. The van der Waals surface area contributed by atoms with Gasteiger partial charge in [-0.1, -0.05) is 11.6 Å². The molecule has 4 rings (SSSR count). The highest BCUT2D eigenvalue weighted by Crippen LogP contribution is 2.33. The summed E-state index contributed by atoms with van der Waals surface area (Å²) in [7, 11) is 3.18. The minimum absolute atomic E-state index is 0.390. The third-order valence-corrected chi connectivity index (χ3v) is 4.24. The number of aromatic amines is 1. The second-order valence-corrected chi connectivity index (χ2v) is 6.06. The summed E-state index contributed by atoms with van der Waals surface area (Å²) in [6.07, 6.45) is 1.40. The first kappa shape index (κ1) is 17.1. The Morgan fingerprint density at radius 2 is 1.89 bits per heavy atom. The second kappa shape index (κ2) is 7.13. The van der Waals surface area contributed by atoms with Gasteiger partial charge in [0.15, 0.2) is 11.5 Å². The standard InChI is InChI=1S/C19H15ClN4O3/c1-25-16-5-3-11(7-18(16)26-2)17-9-14(23-19-21-10-22-24-19)13-8-12(20)4-6-15(13)27-17/h3-10H,1-2H3,(H,21,22,24). The molecule has 0 amide bonds. The van der Waals surface area contributed by atoms with Crippen LogP contribution in [0.5, 0.6) is 11.5 Å². The molecule has 0 fully saturated rings. The van der Waals surface area contributed by atoms with E-state index in [9.17, 15) is 0 Å². The number of nitrogens with zero attached hydrogens (tertiary/aromatic N) is 3. The van der Waals surface area contributed by atoms with E-state index in [1.807, 2.05) is 24.3 Å². The van der Waals surface area contributed by atoms with Crippen LogP contribution < -0.4 is 14.8 Å². The molecule has 2 aromatic heterocycles. The predicted molar refractivity (Wildman–Crippen MR) is 101 cm³/mol. The van der Waals surface area contributed by atoms with Gasteiger partial charge in [0.25, 0.3) is 0 Å². The van der Waals surface area contributed by atoms with E-state index in [2.05, 4.69) is 20.2 Å². The number of halogens is 1. The molecule has 0 atom stereocenters. The van der Waals surface area contributed by atoms with Crippen LogP contribution in [0.2, 0.25) is 5.02 Å². The Hall–Kier alpha value is -3.32. The molecule has 0 spiro atoms. The second-order valence-electron chi connectivity index (χ2n) is 5.63. The van der Waals surface area contributed by atoms with Gasteiger partial charge in [-0.15, -0.1) is 0 Å². The summed E-state index contributed by atoms with van der Waals surface area (Å²) in [5, 5.41) is 8.57. The SMILES string of the molecule is COc1ccc(-c2cc(=Nc3ncn[nH]3)c3cc(Cl)ccc3o2)cc1OC. The fourth-order valence-electron chi connectivity index (χ4n) is 2.73. The van der Waals surface area contributed by atoms with Crippen LogP contribution >= 0.6 is 11.6 Å². The molecule has 136 valence electrons. The molecule has 0 radical (unpaired) electrons. The van der Waals surface area contributed by atoms with E-state index in [1.165, 1.54) is 6.33 Å². The molecule has 0 saturated carbocycles. The zero-order valence-corrected chi connectivity index (χ0v) is 15.3. The lowest BCUT2D eigenvalue weighted by Crippen LogP contribution is -2.03. The fourth-order valence-corrected chi connectivity index (χ4v) is 2.90. The molecule has 0 aliphatic carbocycles. The Morgan fingerprint density at radius 1 is 1.04 bits per heavy atom. The van der Waals surface area contributed by atoms with Gasteiger partial charge in [-0.2, -0.15) is 10.1 Å². The summed E-state index contributed by atoms with van der Waals surface area (Å²) in [6, 6.07) is 12.8. The molecular weight excluding hydrogens is 368 g/mol. The molecule has 1 N–H and O–H groups in total. The van der Waals surface area contributed by atoms with E-state index < -0.39 is 0 Å². The van der Waals surface area contributed by atoms with E-state index in [0.717, 1.165) is 10.9 Å². The van der Waals surface area contributed by atoms with Crippen molar-refractivity contribution in [3.63, 3.8) is 0 Å². The van der Waals surface area contributed by atoms with Crippen molar-refractivity contribution < 1.29 is 13.9 Å². The summed E-state index contributed by atoms with van der Waals surface area (Å²) < 4.78 is 16.8. The number of ether oxygens (including phenoxy) is 2. The maximum absolute atomic E-state index is 6.15. The van der Waals surface area contributed by atoms with Crippen LogP contribution in [0, 0.1) is 0 Å². The zero-order chi connectivity index (χ0) is 18.8. The number of rotatable bonds is 4. The lowest BCUT2D eigenvalue weighted by atomic mass is 10.1. The van der Waals surface area contributed by atoms with Crippen LogP contribution in [0.1, 0.15) is 0 Å². The lowest BCUT2D eigenvalue weighted by Gasteiger charge is -2.10. The van der Waals surface area contributed by atoms with Gasteiger partial charge in [0.1, 0.15) is 17.7 Å². The molecule has 0 aliphatic heterocycles. The molecule has 0 bridgehead atoms. The average Bonchev–Trinajstić information content (AvgIpc) is 3.20. The van der Waals surface area contributed by atoms with Crippen molar-refractivity contribution in [3.05, 3.63) is 59.2 Å². The van der Waals surface area contributed by atoms with Crippen LogP contribution in [0.3, 0.4) is 0 Å². The van der Waals surface area contributed by atoms with Gasteiger partial charge in [-0.25, -0.2) is 10.1 Å². The van der Waals surface area contributed by atoms with Crippen molar-refractivity contribution in [1.82, 2.24) is 15.2 Å². The number of fused-ring (bicyclic) bond motifs is 1. The van der Waals surface area contributed by atoms with Crippen molar-refractivity contribution in [2.45, 2.75) is 0 Å².